The van der Waals surface area contributed by atoms with E-state index in [1.807, 2.05) is 12.1 Å². The van der Waals surface area contributed by atoms with Crippen LogP contribution in [0.3, 0.4) is 0 Å². The van der Waals surface area contributed by atoms with Crippen molar-refractivity contribution < 1.29 is 4.42 Å². The predicted octanol–water partition coefficient (Wildman–Crippen LogP) is 14.9. The van der Waals surface area contributed by atoms with Gasteiger partial charge >= 0.3 is 0 Å². The zero-order valence-corrected chi connectivity index (χ0v) is 29.6. The van der Waals surface area contributed by atoms with Crippen molar-refractivity contribution in [2.75, 3.05) is 4.90 Å². The molecule has 0 unspecified atom stereocenters. The molecular weight excluding hydrogens is 655 g/mol. The Bertz CT molecular complexity index is 2900. The molecule has 10 aromatic rings. The highest BCUT2D eigenvalue weighted by molar-refractivity contribution is 6.06. The van der Waals surface area contributed by atoms with E-state index >= 15 is 0 Å². The molecule has 0 bridgehead atoms. The lowest BCUT2D eigenvalue weighted by atomic mass is 9.96. The van der Waals surface area contributed by atoms with Crippen molar-refractivity contribution in [1.82, 2.24) is 0 Å². The second-order valence-corrected chi connectivity index (χ2v) is 13.8. The number of para-hydroxylation sites is 2. The van der Waals surface area contributed by atoms with E-state index in [0.717, 1.165) is 44.6 Å². The molecule has 254 valence electrons. The van der Waals surface area contributed by atoms with Gasteiger partial charge in [0.05, 0.1) is 0 Å². The second kappa shape index (κ2) is 13.4. The van der Waals surface area contributed by atoms with Gasteiger partial charge in [0.25, 0.3) is 0 Å². The number of rotatable bonds is 7. The van der Waals surface area contributed by atoms with Gasteiger partial charge in [-0.15, -0.1) is 0 Å². The van der Waals surface area contributed by atoms with Crippen molar-refractivity contribution in [3.63, 3.8) is 0 Å². The summed E-state index contributed by atoms with van der Waals surface area (Å²) in [6, 6.07) is 75.9. The van der Waals surface area contributed by atoms with E-state index in [4.69, 9.17) is 4.42 Å². The summed E-state index contributed by atoms with van der Waals surface area (Å²) in [7, 11) is 0. The maximum atomic E-state index is 6.07. The molecule has 0 amide bonds. The number of furan rings is 1. The molecule has 0 aliphatic heterocycles. The summed E-state index contributed by atoms with van der Waals surface area (Å²) < 4.78 is 6.07. The van der Waals surface area contributed by atoms with E-state index in [1.165, 1.54) is 49.7 Å². The van der Waals surface area contributed by atoms with E-state index in [2.05, 4.69) is 205 Å². The number of benzene rings is 9. The van der Waals surface area contributed by atoms with E-state index in [9.17, 15) is 0 Å². The first-order valence-electron chi connectivity index (χ1n) is 18.4. The molecule has 0 saturated carbocycles. The minimum Gasteiger partial charge on any atom is -0.456 e. The van der Waals surface area contributed by atoms with Crippen LogP contribution < -0.4 is 4.90 Å². The highest BCUT2D eigenvalue weighted by Crippen LogP contribution is 2.38. The maximum absolute atomic E-state index is 6.07. The fourth-order valence-corrected chi connectivity index (χ4v) is 7.64. The van der Waals surface area contributed by atoms with Crippen LogP contribution >= 0.6 is 0 Å². The Kier molecular flexibility index (Phi) is 7.85. The van der Waals surface area contributed by atoms with Crippen LogP contribution in [-0.4, -0.2) is 0 Å². The van der Waals surface area contributed by atoms with Gasteiger partial charge in [0, 0.05) is 27.8 Å². The average molecular weight is 690 g/mol. The third-order valence-electron chi connectivity index (χ3n) is 10.5. The Balaban J connectivity index is 0.915. The SMILES string of the molecule is c1ccc(N(c2ccc(-c3ccc(-c4cccc(-c5ccc6ccccc6c5)c4)cc3)cc2)c2ccc(-c3ccc4oc5ccccc5c4c3)cc2)cc1. The molecule has 2 heteroatoms. The molecule has 1 aromatic heterocycles. The molecule has 2 nitrogen and oxygen atoms in total. The van der Waals surface area contributed by atoms with Crippen LogP contribution in [0.5, 0.6) is 0 Å². The Morgan fingerprint density at radius 1 is 0.259 bits per heavy atom. The largest absolute Gasteiger partial charge is 0.456 e. The highest BCUT2D eigenvalue weighted by atomic mass is 16.3. The third kappa shape index (κ3) is 5.90. The van der Waals surface area contributed by atoms with Crippen LogP contribution in [0.25, 0.3) is 77.2 Å². The molecule has 1 heterocycles. The summed E-state index contributed by atoms with van der Waals surface area (Å²) in [4.78, 5) is 2.31. The van der Waals surface area contributed by atoms with Crippen molar-refractivity contribution in [1.29, 1.82) is 0 Å². The van der Waals surface area contributed by atoms with E-state index in [-0.39, 0.29) is 0 Å². The van der Waals surface area contributed by atoms with Crippen LogP contribution in [0.2, 0.25) is 0 Å². The first-order valence-corrected chi connectivity index (χ1v) is 18.4. The summed E-state index contributed by atoms with van der Waals surface area (Å²) in [5, 5.41) is 4.80. The summed E-state index contributed by atoms with van der Waals surface area (Å²) >= 11 is 0. The van der Waals surface area contributed by atoms with E-state index < -0.39 is 0 Å². The van der Waals surface area contributed by atoms with Crippen LogP contribution in [0.4, 0.5) is 17.1 Å². The van der Waals surface area contributed by atoms with Gasteiger partial charge in [-0.1, -0.05) is 146 Å². The zero-order valence-electron chi connectivity index (χ0n) is 29.6. The van der Waals surface area contributed by atoms with E-state index in [1.54, 1.807) is 0 Å². The average Bonchev–Trinajstić information content (AvgIpc) is 3.63. The molecule has 9 aromatic carbocycles. The third-order valence-corrected chi connectivity index (χ3v) is 10.5. The fraction of sp³-hybridized carbons (Fsp3) is 0. The number of hydrogen-bond donors (Lipinski definition) is 0. The molecule has 0 spiro atoms. The summed E-state index contributed by atoms with van der Waals surface area (Å²) in [5.41, 5.74) is 14.7. The van der Waals surface area contributed by atoms with Crippen LogP contribution in [0, 0.1) is 0 Å². The number of hydrogen-bond acceptors (Lipinski definition) is 2. The first kappa shape index (κ1) is 31.6. The molecule has 0 radical (unpaired) electrons. The normalized spacial score (nSPS) is 11.3. The quantitative estimate of drug-likeness (QED) is 0.166. The lowest BCUT2D eigenvalue weighted by molar-refractivity contribution is 0.669. The Hall–Kier alpha value is -7.16. The number of nitrogens with zero attached hydrogens (tertiary/aromatic N) is 1. The van der Waals surface area contributed by atoms with Gasteiger partial charge in [-0.3, -0.25) is 0 Å². The minimum absolute atomic E-state index is 0.911. The van der Waals surface area contributed by atoms with Gasteiger partial charge in [-0.25, -0.2) is 0 Å². The lowest BCUT2D eigenvalue weighted by Gasteiger charge is -2.26. The van der Waals surface area contributed by atoms with Gasteiger partial charge in [-0.2, -0.15) is 0 Å². The fourth-order valence-electron chi connectivity index (χ4n) is 7.64. The Morgan fingerprint density at radius 3 is 1.43 bits per heavy atom. The predicted molar refractivity (Wildman–Crippen MR) is 228 cm³/mol. The Labute approximate surface area is 314 Å². The smallest absolute Gasteiger partial charge is 0.135 e. The van der Waals surface area contributed by atoms with Crippen molar-refractivity contribution in [2.45, 2.75) is 0 Å². The van der Waals surface area contributed by atoms with E-state index in [0.29, 0.717) is 0 Å². The number of fused-ring (bicyclic) bond motifs is 4. The topological polar surface area (TPSA) is 16.4 Å². The summed E-state index contributed by atoms with van der Waals surface area (Å²) in [6.07, 6.45) is 0. The maximum Gasteiger partial charge on any atom is 0.135 e. The lowest BCUT2D eigenvalue weighted by Crippen LogP contribution is -2.09. The summed E-state index contributed by atoms with van der Waals surface area (Å²) in [6.45, 7) is 0. The van der Waals surface area contributed by atoms with Crippen LogP contribution in [-0.2, 0) is 0 Å². The van der Waals surface area contributed by atoms with Gasteiger partial charge in [0.15, 0.2) is 0 Å². The Morgan fingerprint density at radius 2 is 0.722 bits per heavy atom. The van der Waals surface area contributed by atoms with Crippen molar-refractivity contribution >= 4 is 49.8 Å². The zero-order chi connectivity index (χ0) is 35.8. The van der Waals surface area contributed by atoms with Gasteiger partial charge in [0.1, 0.15) is 11.2 Å². The van der Waals surface area contributed by atoms with Crippen molar-refractivity contribution in [2.24, 2.45) is 0 Å². The van der Waals surface area contributed by atoms with Crippen molar-refractivity contribution in [3.8, 4) is 44.5 Å². The van der Waals surface area contributed by atoms with Crippen LogP contribution in [0.15, 0.2) is 217 Å². The molecule has 0 atom stereocenters. The number of anilines is 3. The monoisotopic (exact) mass is 689 g/mol. The molecule has 54 heavy (non-hydrogen) atoms. The van der Waals surface area contributed by atoms with Gasteiger partial charge < -0.3 is 9.32 Å². The van der Waals surface area contributed by atoms with Gasteiger partial charge in [-0.05, 0) is 122 Å². The molecule has 0 saturated heterocycles. The van der Waals surface area contributed by atoms with Crippen LogP contribution in [0.1, 0.15) is 0 Å². The van der Waals surface area contributed by atoms with Gasteiger partial charge in [0.2, 0.25) is 0 Å². The van der Waals surface area contributed by atoms with Crippen molar-refractivity contribution in [3.05, 3.63) is 212 Å². The standard InChI is InChI=1S/C52H35NO/c1-2-13-46(14-3-1)53(48-30-25-40(26-31-48)45-27-32-52-50(35-45)49-15-6-7-16-51(49)54-52)47-28-23-38(24-29-47)37-17-19-39(20-18-37)42-11-8-12-43(33-42)44-22-21-36-9-4-5-10-41(36)34-44/h1-35H. The molecule has 0 fully saturated rings. The highest BCUT2D eigenvalue weighted by Gasteiger charge is 2.14. The molecular formula is C52H35NO. The second-order valence-electron chi connectivity index (χ2n) is 13.8. The molecule has 0 aliphatic rings. The first-order chi connectivity index (χ1) is 26.7. The molecule has 0 N–H and O–H groups in total. The summed E-state index contributed by atoms with van der Waals surface area (Å²) in [5.74, 6) is 0. The minimum atomic E-state index is 0.911. The molecule has 0 aliphatic carbocycles. The molecule has 10 rings (SSSR count).